The van der Waals surface area contributed by atoms with Gasteiger partial charge >= 0.3 is 0 Å². The Balaban J connectivity index is 2.53. The Morgan fingerprint density at radius 2 is 2.00 bits per heavy atom. The lowest BCUT2D eigenvalue weighted by Crippen LogP contribution is -2.15. The number of methoxy groups -OCH3 is 1. The van der Waals surface area contributed by atoms with Gasteiger partial charge in [0.1, 0.15) is 5.75 Å². The van der Waals surface area contributed by atoms with Crippen molar-refractivity contribution in [1.29, 1.82) is 0 Å². The standard InChI is InChI=1S/C15H18N2O2/c1-15(2,3)16-9-11-7-10-8-12(19-4)5-6-13(10)17-14(11)18/h5-9H,1-4H3,(H,17,18). The predicted octanol–water partition coefficient (Wildman–Crippen LogP) is 2.75. The second-order valence-corrected chi connectivity index (χ2v) is 5.44. The van der Waals surface area contributed by atoms with Crippen molar-refractivity contribution in [2.45, 2.75) is 26.3 Å². The maximum Gasteiger partial charge on any atom is 0.257 e. The summed E-state index contributed by atoms with van der Waals surface area (Å²) >= 11 is 0. The van der Waals surface area contributed by atoms with E-state index in [1.54, 1.807) is 13.3 Å². The maximum atomic E-state index is 11.9. The Hall–Kier alpha value is -2.10. The van der Waals surface area contributed by atoms with Gasteiger partial charge in [-0.25, -0.2) is 0 Å². The molecule has 2 aromatic rings. The molecule has 0 saturated carbocycles. The highest BCUT2D eigenvalue weighted by atomic mass is 16.5. The van der Waals surface area contributed by atoms with Gasteiger partial charge in [0, 0.05) is 17.1 Å². The van der Waals surface area contributed by atoms with Crippen LogP contribution in [0.15, 0.2) is 34.1 Å². The fourth-order valence-corrected chi connectivity index (χ4v) is 1.69. The lowest BCUT2D eigenvalue weighted by Gasteiger charge is -2.10. The highest BCUT2D eigenvalue weighted by Gasteiger charge is 2.07. The first-order valence-corrected chi connectivity index (χ1v) is 6.15. The molecule has 1 aromatic carbocycles. The fraction of sp³-hybridized carbons (Fsp3) is 0.333. The molecule has 19 heavy (non-hydrogen) atoms. The molecule has 0 spiro atoms. The van der Waals surface area contributed by atoms with Crippen LogP contribution in [0.2, 0.25) is 0 Å². The molecule has 0 atom stereocenters. The van der Waals surface area contributed by atoms with E-state index in [0.717, 1.165) is 16.7 Å². The summed E-state index contributed by atoms with van der Waals surface area (Å²) in [5, 5.41) is 0.925. The number of nitrogens with one attached hydrogen (secondary N) is 1. The zero-order valence-electron chi connectivity index (χ0n) is 11.7. The van der Waals surface area contributed by atoms with Crippen LogP contribution in [-0.2, 0) is 0 Å². The Bertz CT molecular complexity index is 679. The second-order valence-electron chi connectivity index (χ2n) is 5.44. The first-order chi connectivity index (χ1) is 8.89. The van der Waals surface area contributed by atoms with Gasteiger partial charge in [0.2, 0.25) is 0 Å². The van der Waals surface area contributed by atoms with Gasteiger partial charge in [0.05, 0.1) is 18.2 Å². The number of pyridine rings is 1. The Kier molecular flexibility index (Phi) is 3.42. The first-order valence-electron chi connectivity index (χ1n) is 6.15. The van der Waals surface area contributed by atoms with Crippen LogP contribution < -0.4 is 10.3 Å². The zero-order chi connectivity index (χ0) is 14.0. The van der Waals surface area contributed by atoms with E-state index < -0.39 is 0 Å². The molecule has 2 rings (SSSR count). The van der Waals surface area contributed by atoms with Crippen LogP contribution in [0.1, 0.15) is 26.3 Å². The SMILES string of the molecule is COc1ccc2[nH]c(=O)c(C=NC(C)(C)C)cc2c1. The molecule has 0 aliphatic heterocycles. The van der Waals surface area contributed by atoms with E-state index in [0.29, 0.717) is 5.56 Å². The molecule has 1 aromatic heterocycles. The molecule has 0 saturated heterocycles. The van der Waals surface area contributed by atoms with E-state index in [1.165, 1.54) is 0 Å². The Morgan fingerprint density at radius 3 is 2.63 bits per heavy atom. The largest absolute Gasteiger partial charge is 0.497 e. The normalized spacial score (nSPS) is 12.2. The zero-order valence-corrected chi connectivity index (χ0v) is 11.7. The van der Waals surface area contributed by atoms with Crippen LogP contribution in [0.3, 0.4) is 0 Å². The van der Waals surface area contributed by atoms with Crippen molar-refractivity contribution < 1.29 is 4.74 Å². The minimum atomic E-state index is -0.199. The van der Waals surface area contributed by atoms with E-state index in [4.69, 9.17) is 4.74 Å². The van der Waals surface area contributed by atoms with Crippen LogP contribution >= 0.6 is 0 Å². The van der Waals surface area contributed by atoms with Crippen molar-refractivity contribution >= 4 is 17.1 Å². The number of aromatic nitrogens is 1. The van der Waals surface area contributed by atoms with Gasteiger partial charge in [-0.3, -0.25) is 9.79 Å². The molecule has 0 fully saturated rings. The van der Waals surface area contributed by atoms with Crippen molar-refractivity contribution in [3.8, 4) is 5.75 Å². The summed E-state index contributed by atoms with van der Waals surface area (Å²) < 4.78 is 5.18. The molecule has 1 N–H and O–H groups in total. The van der Waals surface area contributed by atoms with E-state index in [2.05, 4.69) is 9.98 Å². The van der Waals surface area contributed by atoms with Gasteiger partial charge in [-0.1, -0.05) is 0 Å². The molecular formula is C15H18N2O2. The van der Waals surface area contributed by atoms with Crippen LogP contribution in [0.4, 0.5) is 0 Å². The molecule has 0 radical (unpaired) electrons. The molecule has 0 amide bonds. The molecule has 100 valence electrons. The summed E-state index contributed by atoms with van der Waals surface area (Å²) in [6.45, 7) is 5.96. The minimum absolute atomic E-state index is 0.134. The number of H-pyrrole nitrogens is 1. The van der Waals surface area contributed by atoms with Gasteiger partial charge in [0.25, 0.3) is 5.56 Å². The molecule has 1 heterocycles. The highest BCUT2D eigenvalue weighted by Crippen LogP contribution is 2.18. The average Bonchev–Trinajstić information content (AvgIpc) is 2.34. The monoisotopic (exact) mass is 258 g/mol. The number of hydrogen-bond acceptors (Lipinski definition) is 3. The number of fused-ring (bicyclic) bond motifs is 1. The fourth-order valence-electron chi connectivity index (χ4n) is 1.69. The van der Waals surface area contributed by atoms with Crippen LogP contribution in [0.25, 0.3) is 10.9 Å². The van der Waals surface area contributed by atoms with E-state index in [-0.39, 0.29) is 11.1 Å². The van der Waals surface area contributed by atoms with Crippen molar-refractivity contribution in [2.24, 2.45) is 4.99 Å². The molecule has 0 unspecified atom stereocenters. The molecule has 0 aliphatic carbocycles. The number of rotatable bonds is 2. The van der Waals surface area contributed by atoms with Crippen LogP contribution in [0, 0.1) is 0 Å². The molecular weight excluding hydrogens is 240 g/mol. The second kappa shape index (κ2) is 4.88. The van der Waals surface area contributed by atoms with Gasteiger partial charge in [-0.15, -0.1) is 0 Å². The van der Waals surface area contributed by atoms with E-state index in [1.807, 2.05) is 45.0 Å². The molecule has 4 heteroatoms. The smallest absolute Gasteiger partial charge is 0.257 e. The minimum Gasteiger partial charge on any atom is -0.497 e. The summed E-state index contributed by atoms with van der Waals surface area (Å²) in [5.41, 5.74) is 1.01. The van der Waals surface area contributed by atoms with Crippen molar-refractivity contribution in [2.75, 3.05) is 7.11 Å². The third-order valence-electron chi connectivity index (χ3n) is 2.67. The topological polar surface area (TPSA) is 54.5 Å². The lowest BCUT2D eigenvalue weighted by atomic mass is 10.1. The third-order valence-corrected chi connectivity index (χ3v) is 2.67. The number of benzene rings is 1. The number of aliphatic imine (C=N–C) groups is 1. The van der Waals surface area contributed by atoms with Crippen LogP contribution in [0.5, 0.6) is 5.75 Å². The molecule has 4 nitrogen and oxygen atoms in total. The summed E-state index contributed by atoms with van der Waals surface area (Å²) in [5.74, 6) is 0.762. The van der Waals surface area contributed by atoms with Gasteiger partial charge in [0.15, 0.2) is 0 Å². The number of aromatic amines is 1. The molecule has 0 bridgehead atoms. The van der Waals surface area contributed by atoms with Gasteiger partial charge in [-0.2, -0.15) is 0 Å². The highest BCUT2D eigenvalue weighted by molar-refractivity contribution is 5.88. The van der Waals surface area contributed by atoms with Crippen molar-refractivity contribution in [3.63, 3.8) is 0 Å². The van der Waals surface area contributed by atoms with Gasteiger partial charge in [-0.05, 0) is 45.0 Å². The number of nitrogens with zero attached hydrogens (tertiary/aromatic N) is 1. The lowest BCUT2D eigenvalue weighted by molar-refractivity contribution is 0.415. The van der Waals surface area contributed by atoms with Crippen molar-refractivity contribution in [3.05, 3.63) is 40.2 Å². The Morgan fingerprint density at radius 1 is 1.26 bits per heavy atom. The van der Waals surface area contributed by atoms with E-state index in [9.17, 15) is 4.79 Å². The first kappa shape index (κ1) is 13.3. The summed E-state index contributed by atoms with van der Waals surface area (Å²) in [6, 6.07) is 7.37. The maximum absolute atomic E-state index is 11.9. The van der Waals surface area contributed by atoms with Crippen LogP contribution in [-0.4, -0.2) is 23.8 Å². The summed E-state index contributed by atoms with van der Waals surface area (Å²) in [7, 11) is 1.62. The number of hydrogen-bond donors (Lipinski definition) is 1. The van der Waals surface area contributed by atoms with Gasteiger partial charge < -0.3 is 9.72 Å². The third kappa shape index (κ3) is 3.22. The molecule has 0 aliphatic rings. The van der Waals surface area contributed by atoms with E-state index >= 15 is 0 Å². The quantitative estimate of drug-likeness (QED) is 0.842. The number of ether oxygens (including phenoxy) is 1. The summed E-state index contributed by atoms with van der Waals surface area (Å²) in [4.78, 5) is 19.1. The Labute approximate surface area is 112 Å². The average molecular weight is 258 g/mol. The predicted molar refractivity (Wildman–Crippen MR) is 78.5 cm³/mol. The van der Waals surface area contributed by atoms with Crippen molar-refractivity contribution in [1.82, 2.24) is 4.98 Å². The summed E-state index contributed by atoms with van der Waals surface area (Å²) in [6.07, 6.45) is 1.62.